The third-order valence-corrected chi connectivity index (χ3v) is 15.9. The maximum atomic E-state index is 13.7. The summed E-state index contributed by atoms with van der Waals surface area (Å²) in [6, 6.07) is 22.8. The highest BCUT2D eigenvalue weighted by molar-refractivity contribution is 9.10. The Morgan fingerprint density at radius 3 is 2.53 bits per heavy atom. The number of hydrogen-bond acceptors (Lipinski definition) is 11. The molecule has 0 N–H and O–H groups in total. The molecule has 0 radical (unpaired) electrons. The molecule has 10 nitrogen and oxygen atoms in total. The number of nitrogens with zero attached hydrogens (tertiary/aromatic N) is 5. The SMILES string of the molecule is CCOC(=O)[C@@H](Cc1cc(O[Si](C)(C)C(C)(C)C)ccc1OCc1ccnc(-c2ccccc2C#N)n1)Oc1ncnc2sc(-c3ccc(F)cc3)c(Br)c12. The number of rotatable bonds is 13. The zero-order valence-electron chi connectivity index (χ0n) is 31.2. The molecule has 14 heteroatoms. The minimum atomic E-state index is -2.25. The first-order valence-electron chi connectivity index (χ1n) is 17.6. The zero-order valence-corrected chi connectivity index (χ0v) is 34.6. The smallest absolute Gasteiger partial charge is 0.347 e. The number of hydrogen-bond donors (Lipinski definition) is 0. The average Bonchev–Trinajstić information content (AvgIpc) is 3.50. The highest BCUT2D eigenvalue weighted by Crippen LogP contribution is 2.45. The van der Waals surface area contributed by atoms with Crippen molar-refractivity contribution in [3.05, 3.63) is 112 Å². The Morgan fingerprint density at radius 2 is 1.80 bits per heavy atom. The lowest BCUT2D eigenvalue weighted by molar-refractivity contribution is -0.151. The molecule has 0 aliphatic rings. The predicted octanol–water partition coefficient (Wildman–Crippen LogP) is 10.1. The topological polar surface area (TPSA) is 129 Å². The van der Waals surface area contributed by atoms with Crippen molar-refractivity contribution in [2.24, 2.45) is 0 Å². The van der Waals surface area contributed by atoms with E-state index in [2.05, 4.69) is 75.8 Å². The van der Waals surface area contributed by atoms with E-state index in [1.807, 2.05) is 24.3 Å². The first-order chi connectivity index (χ1) is 26.3. The maximum Gasteiger partial charge on any atom is 0.347 e. The van der Waals surface area contributed by atoms with Crippen LogP contribution in [0.5, 0.6) is 17.4 Å². The molecule has 0 bridgehead atoms. The molecule has 0 saturated heterocycles. The van der Waals surface area contributed by atoms with Crippen LogP contribution in [-0.4, -0.2) is 46.9 Å². The number of fused-ring (bicyclic) bond motifs is 1. The van der Waals surface area contributed by atoms with E-state index < -0.39 is 20.4 Å². The first-order valence-corrected chi connectivity index (χ1v) is 22.1. The Labute approximate surface area is 332 Å². The van der Waals surface area contributed by atoms with E-state index in [4.69, 9.17) is 18.6 Å². The summed E-state index contributed by atoms with van der Waals surface area (Å²) in [5.74, 6) is 0.793. The molecule has 55 heavy (non-hydrogen) atoms. The molecule has 6 aromatic rings. The number of carbonyl (C=O) groups is 1. The first kappa shape index (κ1) is 39.5. The van der Waals surface area contributed by atoms with Crippen molar-refractivity contribution in [1.29, 1.82) is 5.26 Å². The second-order valence-electron chi connectivity index (χ2n) is 14.1. The van der Waals surface area contributed by atoms with Crippen molar-refractivity contribution in [3.63, 3.8) is 0 Å². The molecule has 0 fully saturated rings. The molecule has 0 amide bonds. The lowest BCUT2D eigenvalue weighted by Gasteiger charge is -2.36. The summed E-state index contributed by atoms with van der Waals surface area (Å²) in [7, 11) is -2.25. The van der Waals surface area contributed by atoms with Gasteiger partial charge in [0.05, 0.1) is 38.7 Å². The van der Waals surface area contributed by atoms with Crippen molar-refractivity contribution in [3.8, 4) is 45.3 Å². The third-order valence-electron chi connectivity index (χ3n) is 9.30. The number of ether oxygens (including phenoxy) is 3. The van der Waals surface area contributed by atoms with Gasteiger partial charge >= 0.3 is 5.97 Å². The molecular formula is C41H39BrFN5O5SSi. The highest BCUT2D eigenvalue weighted by atomic mass is 79.9. The molecular weight excluding hydrogens is 802 g/mol. The number of carbonyl (C=O) groups excluding carboxylic acids is 1. The summed E-state index contributed by atoms with van der Waals surface area (Å²) in [5, 5.41) is 10.1. The predicted molar refractivity (Wildman–Crippen MR) is 216 cm³/mol. The monoisotopic (exact) mass is 839 g/mol. The van der Waals surface area contributed by atoms with Crippen molar-refractivity contribution in [2.75, 3.05) is 6.61 Å². The van der Waals surface area contributed by atoms with E-state index in [1.54, 1.807) is 49.5 Å². The van der Waals surface area contributed by atoms with Gasteiger partial charge in [-0.1, -0.05) is 45.0 Å². The van der Waals surface area contributed by atoms with Crippen LogP contribution in [0, 0.1) is 17.1 Å². The van der Waals surface area contributed by atoms with Gasteiger partial charge in [0.1, 0.15) is 35.1 Å². The van der Waals surface area contributed by atoms with Gasteiger partial charge in [-0.2, -0.15) is 5.26 Å². The lowest BCUT2D eigenvalue weighted by Crippen LogP contribution is -2.43. The van der Waals surface area contributed by atoms with E-state index in [-0.39, 0.29) is 36.4 Å². The minimum absolute atomic E-state index is 0.0471. The van der Waals surface area contributed by atoms with Crippen molar-refractivity contribution < 1.29 is 27.8 Å². The van der Waals surface area contributed by atoms with Crippen LogP contribution in [0.25, 0.3) is 32.0 Å². The number of thiophene rings is 1. The summed E-state index contributed by atoms with van der Waals surface area (Å²) in [6.45, 7) is 12.8. The van der Waals surface area contributed by atoms with Crippen LogP contribution in [-0.2, 0) is 22.6 Å². The summed E-state index contributed by atoms with van der Waals surface area (Å²) in [6.07, 6.45) is 1.91. The van der Waals surface area contributed by atoms with Crippen LogP contribution >= 0.6 is 27.3 Å². The summed E-state index contributed by atoms with van der Waals surface area (Å²) >= 11 is 5.09. The van der Waals surface area contributed by atoms with Crippen LogP contribution in [0.2, 0.25) is 18.1 Å². The second kappa shape index (κ2) is 16.6. The van der Waals surface area contributed by atoms with Crippen molar-refractivity contribution >= 4 is 51.8 Å². The number of benzene rings is 3. The van der Waals surface area contributed by atoms with Crippen molar-refractivity contribution in [2.45, 2.75) is 65.0 Å². The fraction of sp³-hybridized carbons (Fsp3) is 0.268. The number of esters is 1. The summed E-state index contributed by atoms with van der Waals surface area (Å²) in [4.78, 5) is 33.1. The quantitative estimate of drug-likeness (QED) is 0.0819. The van der Waals surface area contributed by atoms with Gasteiger partial charge in [0, 0.05) is 23.7 Å². The lowest BCUT2D eigenvalue weighted by atomic mass is 10.1. The normalized spacial score (nSPS) is 12.2. The number of aromatic nitrogens is 4. The fourth-order valence-corrected chi connectivity index (χ4v) is 8.41. The van der Waals surface area contributed by atoms with E-state index >= 15 is 0 Å². The Morgan fingerprint density at radius 1 is 1.04 bits per heavy atom. The second-order valence-corrected chi connectivity index (χ2v) is 20.6. The molecule has 282 valence electrons. The maximum absolute atomic E-state index is 13.7. The summed E-state index contributed by atoms with van der Waals surface area (Å²) in [5.41, 5.74) is 3.10. The van der Waals surface area contributed by atoms with Crippen LogP contribution in [0.3, 0.4) is 0 Å². The molecule has 0 spiro atoms. The Kier molecular flexibility index (Phi) is 11.9. The number of nitriles is 1. The van der Waals surface area contributed by atoms with Gasteiger partial charge in [0.25, 0.3) is 0 Å². The van der Waals surface area contributed by atoms with Gasteiger partial charge in [-0.15, -0.1) is 11.3 Å². The highest BCUT2D eigenvalue weighted by Gasteiger charge is 2.39. The van der Waals surface area contributed by atoms with Gasteiger partial charge < -0.3 is 18.6 Å². The van der Waals surface area contributed by atoms with Crippen LogP contribution < -0.4 is 13.9 Å². The van der Waals surface area contributed by atoms with Gasteiger partial charge in [-0.3, -0.25) is 0 Å². The molecule has 3 aromatic carbocycles. The Hall–Kier alpha value is -5.23. The summed E-state index contributed by atoms with van der Waals surface area (Å²) < 4.78 is 39.4. The number of halogens is 2. The Balaban J connectivity index is 1.35. The molecule has 0 unspecified atom stereocenters. The minimum Gasteiger partial charge on any atom is -0.543 e. The van der Waals surface area contributed by atoms with Crippen molar-refractivity contribution in [1.82, 2.24) is 19.9 Å². The van der Waals surface area contributed by atoms with E-state index in [0.717, 1.165) is 10.4 Å². The molecule has 0 aliphatic carbocycles. The van der Waals surface area contributed by atoms with Gasteiger partial charge in [0.2, 0.25) is 20.3 Å². The third kappa shape index (κ3) is 9.02. The Bertz CT molecular complexity index is 2380. The molecule has 1 atom stereocenters. The standard InChI is InChI=1S/C41H39BrFN5O5SSi/c1-7-50-40(49)33(52-38-34-35(42)36(54-39(34)47-24-46-38)25-12-14-28(43)15-13-25)21-27-20-30(53-55(5,6)41(2,3)4)16-17-32(27)51-23-29-18-19-45-37(48-29)31-11-9-8-10-26(31)22-44/h8-20,24,33H,7,21,23H2,1-6H3/t33-/m1/s1. The molecule has 6 rings (SSSR count). The fourth-order valence-electron chi connectivity index (χ4n) is 5.39. The van der Waals surface area contributed by atoms with E-state index in [1.165, 1.54) is 29.8 Å². The van der Waals surface area contributed by atoms with Crippen LogP contribution in [0.1, 0.15) is 44.5 Å². The largest absolute Gasteiger partial charge is 0.543 e. The van der Waals surface area contributed by atoms with E-state index in [9.17, 15) is 14.4 Å². The van der Waals surface area contributed by atoms with Gasteiger partial charge in [-0.05, 0) is 95.1 Å². The van der Waals surface area contributed by atoms with Crippen LogP contribution in [0.4, 0.5) is 4.39 Å². The molecule has 0 aliphatic heterocycles. The molecule has 0 saturated carbocycles. The van der Waals surface area contributed by atoms with Gasteiger partial charge in [0.15, 0.2) is 5.82 Å². The van der Waals surface area contributed by atoms with Crippen LogP contribution in [0.15, 0.2) is 89.8 Å². The molecule has 3 heterocycles. The van der Waals surface area contributed by atoms with E-state index in [0.29, 0.717) is 54.4 Å². The zero-order chi connectivity index (χ0) is 39.3. The average molecular weight is 841 g/mol. The van der Waals surface area contributed by atoms with Gasteiger partial charge in [-0.25, -0.2) is 29.1 Å². The molecule has 3 aromatic heterocycles.